The Morgan fingerprint density at radius 2 is 1.63 bits per heavy atom. The second-order valence-corrected chi connectivity index (χ2v) is 10.8. The van der Waals surface area contributed by atoms with Gasteiger partial charge in [0.05, 0.1) is 6.61 Å². The fourth-order valence-electron chi connectivity index (χ4n) is 4.32. The van der Waals surface area contributed by atoms with Gasteiger partial charge in [-0.2, -0.15) is 0 Å². The molecule has 0 heterocycles. The number of aliphatic hydroxyl groups excluding tert-OH is 1. The average molecular weight is 526 g/mol. The monoisotopic (exact) mass is 525 g/mol. The minimum absolute atomic E-state index is 0.264. The van der Waals surface area contributed by atoms with E-state index in [1.165, 1.54) is 4.90 Å². The molecular formula is C30H43N3O5. The molecule has 0 aromatic heterocycles. The molecule has 38 heavy (non-hydrogen) atoms. The van der Waals surface area contributed by atoms with Crippen molar-refractivity contribution in [1.29, 1.82) is 0 Å². The quantitative estimate of drug-likeness (QED) is 0.399. The van der Waals surface area contributed by atoms with Gasteiger partial charge in [-0.1, -0.05) is 55.3 Å². The number of amides is 3. The predicted molar refractivity (Wildman–Crippen MR) is 150 cm³/mol. The smallest absolute Gasteiger partial charge is 0.408 e. The largest absolute Gasteiger partial charge is 0.444 e. The number of para-hydroxylation sites is 1. The molecule has 0 radical (unpaired) electrons. The van der Waals surface area contributed by atoms with Gasteiger partial charge < -0.3 is 25.4 Å². The molecule has 0 bridgehead atoms. The molecule has 8 nitrogen and oxygen atoms in total. The minimum Gasteiger partial charge on any atom is -0.444 e. The lowest BCUT2D eigenvalue weighted by molar-refractivity contribution is -0.141. The third kappa shape index (κ3) is 8.31. The molecule has 2 aromatic carbocycles. The first-order valence-corrected chi connectivity index (χ1v) is 13.1. The van der Waals surface area contributed by atoms with Gasteiger partial charge in [0, 0.05) is 12.2 Å². The summed E-state index contributed by atoms with van der Waals surface area (Å²) in [4.78, 5) is 41.8. The molecule has 3 N–H and O–H groups in total. The number of carbonyl (C=O) groups is 3. The Labute approximate surface area is 226 Å². The Morgan fingerprint density at radius 1 is 1.00 bits per heavy atom. The number of alkyl carbamates (subject to hydrolysis) is 1. The summed E-state index contributed by atoms with van der Waals surface area (Å²) in [6.07, 6.45) is 0.600. The molecule has 8 heteroatoms. The number of nitrogens with one attached hydrogen (secondary N) is 2. The first-order chi connectivity index (χ1) is 17.8. The summed E-state index contributed by atoms with van der Waals surface area (Å²) in [6, 6.07) is 9.24. The van der Waals surface area contributed by atoms with Crippen LogP contribution in [-0.4, -0.2) is 52.7 Å². The van der Waals surface area contributed by atoms with Crippen molar-refractivity contribution >= 4 is 23.6 Å². The molecule has 3 amide bonds. The number of rotatable bonds is 10. The van der Waals surface area contributed by atoms with Crippen molar-refractivity contribution < 1.29 is 24.2 Å². The zero-order valence-electron chi connectivity index (χ0n) is 24.0. The van der Waals surface area contributed by atoms with Gasteiger partial charge >= 0.3 is 6.09 Å². The van der Waals surface area contributed by atoms with Crippen LogP contribution in [0.3, 0.4) is 0 Å². The highest BCUT2D eigenvalue weighted by atomic mass is 16.6. The van der Waals surface area contributed by atoms with E-state index in [4.69, 9.17) is 4.74 Å². The Morgan fingerprint density at radius 3 is 2.16 bits per heavy atom. The van der Waals surface area contributed by atoms with E-state index in [2.05, 4.69) is 10.6 Å². The van der Waals surface area contributed by atoms with Crippen molar-refractivity contribution in [1.82, 2.24) is 10.2 Å². The number of unbranched alkanes of at least 4 members (excludes halogenated alkanes) is 1. The zero-order chi connectivity index (χ0) is 28.6. The lowest BCUT2D eigenvalue weighted by Gasteiger charge is -2.35. The van der Waals surface area contributed by atoms with Gasteiger partial charge in [-0.25, -0.2) is 4.79 Å². The number of aliphatic hydroxyl groups is 1. The summed E-state index contributed by atoms with van der Waals surface area (Å²) in [7, 11) is 0. The van der Waals surface area contributed by atoms with Crippen LogP contribution in [0.15, 0.2) is 36.4 Å². The van der Waals surface area contributed by atoms with Crippen molar-refractivity contribution in [2.24, 2.45) is 0 Å². The van der Waals surface area contributed by atoms with E-state index in [9.17, 15) is 19.5 Å². The summed E-state index contributed by atoms with van der Waals surface area (Å²) >= 11 is 0. The van der Waals surface area contributed by atoms with E-state index in [0.29, 0.717) is 17.7 Å². The molecule has 2 rings (SSSR count). The SMILES string of the molecule is CCCCN(C(=O)C(CO)NC(=O)OC(C)(C)C)C(C(=O)Nc1c(C)cccc1C)c1ccc(C)cc1C. The third-order valence-electron chi connectivity index (χ3n) is 6.22. The number of hydrogen-bond acceptors (Lipinski definition) is 5. The van der Waals surface area contributed by atoms with Gasteiger partial charge in [-0.3, -0.25) is 9.59 Å². The number of nitrogens with zero attached hydrogens (tertiary/aromatic N) is 1. The van der Waals surface area contributed by atoms with E-state index in [1.807, 2.05) is 71.0 Å². The van der Waals surface area contributed by atoms with E-state index in [0.717, 1.165) is 28.7 Å². The van der Waals surface area contributed by atoms with E-state index >= 15 is 0 Å². The number of ether oxygens (including phenoxy) is 1. The number of benzene rings is 2. The molecule has 0 fully saturated rings. The molecule has 0 saturated carbocycles. The standard InChI is InChI=1S/C30H43N3O5/c1-9-10-16-33(28(36)24(18-34)31-29(37)38-30(6,7)8)26(23-15-14-19(2)17-22(23)5)27(35)32-25-20(3)12-11-13-21(25)4/h11-15,17,24,26,34H,9-10,16,18H2,1-8H3,(H,31,37)(H,32,35). The van der Waals surface area contributed by atoms with Crippen LogP contribution in [0, 0.1) is 27.7 Å². The molecule has 0 aliphatic heterocycles. The average Bonchev–Trinajstić information content (AvgIpc) is 2.81. The Kier molecular flexibility index (Phi) is 10.9. The van der Waals surface area contributed by atoms with Crippen LogP contribution in [-0.2, 0) is 14.3 Å². The molecule has 0 aliphatic carbocycles. The summed E-state index contributed by atoms with van der Waals surface area (Å²) < 4.78 is 5.30. The number of aryl methyl sites for hydroxylation is 4. The third-order valence-corrected chi connectivity index (χ3v) is 6.22. The fourth-order valence-corrected chi connectivity index (χ4v) is 4.32. The second-order valence-electron chi connectivity index (χ2n) is 10.8. The minimum atomic E-state index is -1.28. The highest BCUT2D eigenvalue weighted by molar-refractivity contribution is 6.00. The van der Waals surface area contributed by atoms with Crippen molar-refractivity contribution in [3.8, 4) is 0 Å². The Balaban J connectivity index is 2.56. The maximum absolute atomic E-state index is 14.0. The van der Waals surface area contributed by atoms with Crippen LogP contribution < -0.4 is 10.6 Å². The fraction of sp³-hybridized carbons (Fsp3) is 0.500. The van der Waals surface area contributed by atoms with Crippen LogP contribution in [0.5, 0.6) is 0 Å². The Hall–Kier alpha value is -3.39. The highest BCUT2D eigenvalue weighted by Crippen LogP contribution is 2.29. The van der Waals surface area contributed by atoms with Crippen molar-refractivity contribution in [2.75, 3.05) is 18.5 Å². The molecule has 2 aromatic rings. The number of hydrogen-bond donors (Lipinski definition) is 3. The number of anilines is 1. The molecule has 0 aliphatic rings. The van der Waals surface area contributed by atoms with Crippen LogP contribution >= 0.6 is 0 Å². The van der Waals surface area contributed by atoms with Gasteiger partial charge in [0.25, 0.3) is 5.91 Å². The summed E-state index contributed by atoms with van der Waals surface area (Å²) in [5.74, 6) is -0.929. The zero-order valence-corrected chi connectivity index (χ0v) is 24.0. The van der Waals surface area contributed by atoms with E-state index in [1.54, 1.807) is 20.8 Å². The lowest BCUT2D eigenvalue weighted by Crippen LogP contribution is -2.54. The molecular weight excluding hydrogens is 482 g/mol. The van der Waals surface area contributed by atoms with E-state index < -0.39 is 36.3 Å². The van der Waals surface area contributed by atoms with E-state index in [-0.39, 0.29) is 12.5 Å². The lowest BCUT2D eigenvalue weighted by atomic mass is 9.96. The van der Waals surface area contributed by atoms with Crippen LogP contribution in [0.2, 0.25) is 0 Å². The number of carbonyl (C=O) groups excluding carboxylic acids is 3. The van der Waals surface area contributed by atoms with Crippen molar-refractivity contribution in [2.45, 2.75) is 85.9 Å². The molecule has 0 spiro atoms. The predicted octanol–water partition coefficient (Wildman–Crippen LogP) is 5.11. The molecule has 2 unspecified atom stereocenters. The van der Waals surface area contributed by atoms with Gasteiger partial charge in [0.15, 0.2) is 0 Å². The maximum atomic E-state index is 14.0. The summed E-state index contributed by atoms with van der Waals surface area (Å²) in [5.41, 5.74) is 4.31. The van der Waals surface area contributed by atoms with Crippen LogP contribution in [0.25, 0.3) is 0 Å². The molecule has 208 valence electrons. The van der Waals surface area contributed by atoms with Crippen molar-refractivity contribution in [3.05, 3.63) is 64.2 Å². The molecule has 2 atom stereocenters. The van der Waals surface area contributed by atoms with Gasteiger partial charge in [-0.05, 0) is 77.1 Å². The summed E-state index contributed by atoms with van der Waals surface area (Å²) in [6.45, 7) is 14.5. The van der Waals surface area contributed by atoms with Crippen molar-refractivity contribution in [3.63, 3.8) is 0 Å². The first kappa shape index (κ1) is 30.8. The van der Waals surface area contributed by atoms with Gasteiger partial charge in [0.2, 0.25) is 5.91 Å². The van der Waals surface area contributed by atoms with Gasteiger partial charge in [-0.15, -0.1) is 0 Å². The van der Waals surface area contributed by atoms with Crippen LogP contribution in [0.1, 0.15) is 74.4 Å². The highest BCUT2D eigenvalue weighted by Gasteiger charge is 2.36. The van der Waals surface area contributed by atoms with Crippen LogP contribution in [0.4, 0.5) is 10.5 Å². The summed E-state index contributed by atoms with van der Waals surface area (Å²) in [5, 5.41) is 15.6. The first-order valence-electron chi connectivity index (χ1n) is 13.1. The molecule has 0 saturated heterocycles. The normalized spacial score (nSPS) is 12.9. The maximum Gasteiger partial charge on any atom is 0.408 e. The topological polar surface area (TPSA) is 108 Å². The Bertz CT molecular complexity index is 1120. The second kappa shape index (κ2) is 13.4. The van der Waals surface area contributed by atoms with Gasteiger partial charge in [0.1, 0.15) is 17.7 Å².